The molecule has 1 aromatic heterocycles. The molecule has 3 aliphatic rings. The Morgan fingerprint density at radius 1 is 1.20 bits per heavy atom. The molecule has 41 heavy (non-hydrogen) atoms. The minimum Gasteiger partial charge on any atom is -0.389 e. The molecule has 12 nitrogen and oxygen atoms in total. The summed E-state index contributed by atoms with van der Waals surface area (Å²) in [4.78, 5) is 40.8. The molecule has 1 aromatic carbocycles. The van der Waals surface area contributed by atoms with Crippen LogP contribution in [0.5, 0.6) is 0 Å². The molecule has 0 spiro atoms. The summed E-state index contributed by atoms with van der Waals surface area (Å²) in [5, 5.41) is 7.07. The zero-order chi connectivity index (χ0) is 29.0. The van der Waals surface area contributed by atoms with Crippen LogP contribution in [0, 0.1) is 0 Å². The zero-order valence-corrected chi connectivity index (χ0v) is 24.8. The van der Waals surface area contributed by atoms with Crippen LogP contribution in [-0.2, 0) is 40.3 Å². The highest BCUT2D eigenvalue weighted by Crippen LogP contribution is 2.33. The summed E-state index contributed by atoms with van der Waals surface area (Å²) >= 11 is 1.36. The molecular weight excluding hydrogens is 570 g/mol. The van der Waals surface area contributed by atoms with Crippen molar-refractivity contribution in [1.29, 1.82) is 0 Å². The Balaban J connectivity index is 1.25. The van der Waals surface area contributed by atoms with E-state index in [9.17, 15) is 18.0 Å². The Morgan fingerprint density at radius 2 is 1.98 bits per heavy atom. The molecule has 3 fully saturated rings. The molecule has 0 radical (unpaired) electrons. The highest BCUT2D eigenvalue weighted by atomic mass is 32.2. The molecule has 0 bridgehead atoms. The number of piperazine rings is 1. The Kier molecular flexibility index (Phi) is 9.34. The number of nitrogens with one attached hydrogen (secondary N) is 1. The van der Waals surface area contributed by atoms with Crippen LogP contribution in [0.3, 0.4) is 0 Å². The van der Waals surface area contributed by atoms with E-state index >= 15 is 0 Å². The van der Waals surface area contributed by atoms with Gasteiger partial charge in [0.25, 0.3) is 5.91 Å². The first-order chi connectivity index (χ1) is 19.7. The number of sulfone groups is 1. The quantitative estimate of drug-likeness (QED) is 0.301. The molecule has 2 saturated heterocycles. The van der Waals surface area contributed by atoms with Crippen LogP contribution < -0.4 is 5.32 Å². The molecule has 1 saturated carbocycles. The van der Waals surface area contributed by atoms with Gasteiger partial charge in [0.2, 0.25) is 5.91 Å². The van der Waals surface area contributed by atoms with Crippen LogP contribution in [0.15, 0.2) is 40.5 Å². The maximum Gasteiger partial charge on any atom is 0.280 e. The van der Waals surface area contributed by atoms with Crippen molar-refractivity contribution in [2.24, 2.45) is 5.16 Å². The van der Waals surface area contributed by atoms with Crippen molar-refractivity contribution in [2.75, 3.05) is 51.9 Å². The lowest BCUT2D eigenvalue weighted by molar-refractivity contribution is -0.138. The normalized spacial score (nSPS) is 22.1. The Hall–Kier alpha value is -2.91. The topological polar surface area (TPSA) is 140 Å². The number of ether oxygens (including phenoxy) is 2. The third kappa shape index (κ3) is 7.30. The van der Waals surface area contributed by atoms with Gasteiger partial charge in [-0.1, -0.05) is 17.3 Å². The monoisotopic (exact) mass is 605 g/mol. The van der Waals surface area contributed by atoms with E-state index in [0.717, 1.165) is 11.4 Å². The molecule has 3 heterocycles. The van der Waals surface area contributed by atoms with E-state index in [2.05, 4.69) is 27.3 Å². The molecule has 2 amide bonds. The fourth-order valence-electron chi connectivity index (χ4n) is 4.79. The van der Waals surface area contributed by atoms with Crippen LogP contribution in [0.25, 0.3) is 0 Å². The van der Waals surface area contributed by atoms with Crippen molar-refractivity contribution in [2.45, 2.75) is 55.0 Å². The number of aromatic nitrogens is 1. The van der Waals surface area contributed by atoms with Crippen molar-refractivity contribution in [1.82, 2.24) is 14.8 Å². The van der Waals surface area contributed by atoms with Gasteiger partial charge in [-0.2, -0.15) is 0 Å². The van der Waals surface area contributed by atoms with Gasteiger partial charge >= 0.3 is 0 Å². The number of thiazole rings is 1. The highest BCUT2D eigenvalue weighted by Gasteiger charge is 2.37. The van der Waals surface area contributed by atoms with Gasteiger partial charge in [-0.3, -0.25) is 19.8 Å². The molecule has 5 rings (SSSR count). The smallest absolute Gasteiger partial charge is 0.280 e. The molecule has 2 aromatic rings. The van der Waals surface area contributed by atoms with Crippen molar-refractivity contribution < 1.29 is 32.3 Å². The fraction of sp³-hybridized carbons (Fsp3) is 0.556. The standard InChI is InChI=1S/C27H35N5O7S2/c1-18-14-32(24(33)17-37-2)11-10-31(18)15-21-13-28-27(40-21)29-26(34)25(30-39-20-9-12-38-16-20)19-3-5-22(6-4-19)41(35,36)23-7-8-23/h3-6,13,18,20,23H,7-12,14-17H2,1-2H3,(H,28,29,34)/b30-25+/t18-,20-/m1/s1. The van der Waals surface area contributed by atoms with Gasteiger partial charge in [0.1, 0.15) is 6.61 Å². The molecule has 222 valence electrons. The van der Waals surface area contributed by atoms with Gasteiger partial charge in [-0.25, -0.2) is 13.4 Å². The summed E-state index contributed by atoms with van der Waals surface area (Å²) in [6.07, 6.45) is 3.49. The van der Waals surface area contributed by atoms with Crippen molar-refractivity contribution in [3.8, 4) is 0 Å². The van der Waals surface area contributed by atoms with E-state index in [1.807, 2.05) is 4.90 Å². The van der Waals surface area contributed by atoms with Gasteiger partial charge in [-0.15, -0.1) is 11.3 Å². The van der Waals surface area contributed by atoms with Gasteiger partial charge in [0.15, 0.2) is 26.8 Å². The molecule has 1 N–H and O–H groups in total. The second-order valence-electron chi connectivity index (χ2n) is 10.5. The van der Waals surface area contributed by atoms with Crippen LogP contribution in [0.4, 0.5) is 5.13 Å². The Morgan fingerprint density at radius 3 is 2.63 bits per heavy atom. The minimum absolute atomic E-state index is 0.0112. The minimum atomic E-state index is -3.35. The first-order valence-corrected chi connectivity index (χ1v) is 16.0. The van der Waals surface area contributed by atoms with Crippen LogP contribution in [0.2, 0.25) is 0 Å². The Labute approximate surface area is 243 Å². The number of methoxy groups -OCH3 is 1. The fourth-order valence-corrected chi connectivity index (χ4v) is 7.28. The van der Waals surface area contributed by atoms with Crippen LogP contribution in [0.1, 0.15) is 36.6 Å². The number of nitrogens with zero attached hydrogens (tertiary/aromatic N) is 4. The highest BCUT2D eigenvalue weighted by molar-refractivity contribution is 7.92. The summed E-state index contributed by atoms with van der Waals surface area (Å²) in [5.74, 6) is -0.524. The number of hydrogen-bond donors (Lipinski definition) is 1. The number of carbonyl (C=O) groups excluding carboxylic acids is 2. The second kappa shape index (κ2) is 12.9. The third-order valence-corrected chi connectivity index (χ3v) is 10.5. The number of benzene rings is 1. The number of oxime groups is 1. The predicted octanol–water partition coefficient (Wildman–Crippen LogP) is 1.91. The summed E-state index contributed by atoms with van der Waals surface area (Å²) < 4.78 is 35.5. The third-order valence-electron chi connectivity index (χ3n) is 7.33. The molecule has 14 heteroatoms. The zero-order valence-electron chi connectivity index (χ0n) is 23.2. The second-order valence-corrected chi connectivity index (χ2v) is 13.8. The average Bonchev–Trinajstić information content (AvgIpc) is 3.54. The molecular formula is C27H35N5O7S2. The average molecular weight is 606 g/mol. The van der Waals surface area contributed by atoms with E-state index in [-0.39, 0.29) is 40.5 Å². The Bertz CT molecular complexity index is 1370. The summed E-state index contributed by atoms with van der Waals surface area (Å²) in [5.41, 5.74) is 0.456. The van der Waals surface area contributed by atoms with E-state index in [1.54, 1.807) is 18.3 Å². The summed E-state index contributed by atoms with van der Waals surface area (Å²) in [6, 6.07) is 6.33. The van der Waals surface area contributed by atoms with Gasteiger partial charge < -0.3 is 19.2 Å². The summed E-state index contributed by atoms with van der Waals surface area (Å²) in [7, 11) is -1.84. The molecule has 2 aliphatic heterocycles. The lowest BCUT2D eigenvalue weighted by atomic mass is 10.1. The van der Waals surface area contributed by atoms with Crippen molar-refractivity contribution >= 4 is 43.8 Å². The molecule has 1 aliphatic carbocycles. The van der Waals surface area contributed by atoms with E-state index < -0.39 is 15.7 Å². The number of amides is 2. The number of carbonyl (C=O) groups is 2. The van der Waals surface area contributed by atoms with Gasteiger partial charge in [0.05, 0.1) is 23.4 Å². The van der Waals surface area contributed by atoms with Crippen LogP contribution in [-0.4, -0.2) is 105 Å². The first kappa shape index (κ1) is 29.6. The number of rotatable bonds is 11. The maximum absolute atomic E-state index is 13.4. The summed E-state index contributed by atoms with van der Waals surface area (Å²) in [6.45, 7) is 5.73. The molecule has 0 unspecified atom stereocenters. The van der Waals surface area contributed by atoms with Crippen LogP contribution >= 0.6 is 11.3 Å². The van der Waals surface area contributed by atoms with E-state index in [1.165, 1.54) is 30.6 Å². The number of hydrogen-bond acceptors (Lipinski definition) is 11. The van der Waals surface area contributed by atoms with Crippen molar-refractivity contribution in [3.05, 3.63) is 40.9 Å². The van der Waals surface area contributed by atoms with Gasteiger partial charge in [0, 0.05) is 62.4 Å². The molecule has 2 atom stereocenters. The predicted molar refractivity (Wildman–Crippen MR) is 153 cm³/mol. The number of anilines is 1. The largest absolute Gasteiger partial charge is 0.389 e. The lowest BCUT2D eigenvalue weighted by Crippen LogP contribution is -2.53. The maximum atomic E-state index is 13.4. The van der Waals surface area contributed by atoms with Gasteiger partial charge in [-0.05, 0) is 31.9 Å². The van der Waals surface area contributed by atoms with E-state index in [4.69, 9.17) is 14.3 Å². The van der Waals surface area contributed by atoms with E-state index in [0.29, 0.717) is 62.8 Å². The SMILES string of the molecule is COCC(=O)N1CCN(Cc2cnc(NC(=O)/C(=N/O[C@@H]3CCOC3)c3ccc(S(=O)(=O)C4CC4)cc3)s2)[C@H](C)C1. The lowest BCUT2D eigenvalue weighted by Gasteiger charge is -2.39. The first-order valence-electron chi connectivity index (χ1n) is 13.7. The van der Waals surface area contributed by atoms with Crippen molar-refractivity contribution in [3.63, 3.8) is 0 Å².